The van der Waals surface area contributed by atoms with E-state index in [1.54, 1.807) is 0 Å². The number of nitrogens with one attached hydrogen (secondary N) is 2. The van der Waals surface area contributed by atoms with E-state index in [0.717, 1.165) is 77.0 Å². The van der Waals surface area contributed by atoms with Crippen LogP contribution in [0.4, 0.5) is 0 Å². The van der Waals surface area contributed by atoms with Gasteiger partial charge in [0.05, 0.1) is 0 Å². The van der Waals surface area contributed by atoms with Crippen LogP contribution >= 0.6 is 0 Å². The smallest absolute Gasteiger partial charge is 0.326 e. The van der Waals surface area contributed by atoms with Crippen LogP contribution in [0.1, 0.15) is 129 Å². The van der Waals surface area contributed by atoms with Crippen LogP contribution in [-0.2, 0) is 14.4 Å². The number of carboxylic acids is 1. The van der Waals surface area contributed by atoms with Crippen molar-refractivity contribution in [1.29, 1.82) is 0 Å². The summed E-state index contributed by atoms with van der Waals surface area (Å²) >= 11 is 0. The second-order valence-corrected chi connectivity index (χ2v) is 12.9. The number of amides is 2. The first-order valence-corrected chi connectivity index (χ1v) is 20.6. The predicted octanol–water partition coefficient (Wildman–Crippen LogP) is 12.4. The molecule has 0 aliphatic carbocycles. The van der Waals surface area contributed by atoms with E-state index in [-0.39, 0.29) is 24.7 Å². The second kappa shape index (κ2) is 42.0. The number of rotatable bonds is 34. The fourth-order valence-corrected chi connectivity index (χ4v) is 4.85. The first kappa shape index (κ1) is 50.3. The lowest BCUT2D eigenvalue weighted by atomic mass is 10.1. The molecule has 0 aromatic carbocycles. The maximum Gasteiger partial charge on any atom is 0.326 e. The van der Waals surface area contributed by atoms with Gasteiger partial charge in [0.15, 0.2) is 0 Å². The first-order valence-electron chi connectivity index (χ1n) is 20.6. The number of aliphatic carboxylic acids is 1. The third-order valence-electron chi connectivity index (χ3n) is 7.89. The fraction of sp³-hybridized carbons (Fsp3) is 0.449. The normalized spacial score (nSPS) is 13.6. The molecule has 0 rings (SSSR count). The highest BCUT2D eigenvalue weighted by molar-refractivity contribution is 5.83. The minimum absolute atomic E-state index is 0.0631. The lowest BCUT2D eigenvalue weighted by Crippen LogP contribution is -2.41. The lowest BCUT2D eigenvalue weighted by Gasteiger charge is -2.14. The fourth-order valence-electron chi connectivity index (χ4n) is 4.85. The maximum atomic E-state index is 12.3. The van der Waals surface area contributed by atoms with E-state index in [1.807, 2.05) is 18.2 Å². The van der Waals surface area contributed by atoms with Crippen molar-refractivity contribution < 1.29 is 19.5 Å². The zero-order valence-electron chi connectivity index (χ0n) is 34.0. The number of carboxylic acid groups (broad SMARTS) is 1. The Balaban J connectivity index is 3.93. The highest BCUT2D eigenvalue weighted by atomic mass is 16.4. The SMILES string of the molecule is CCC=CCC=CCC=CCC=CCC=CCC=CCCC(=O)NCCC[C@H](NC(=O)CCC=CCC=CCC=CCC=CCC=CCC=CCC)C(=O)O. The summed E-state index contributed by atoms with van der Waals surface area (Å²) in [6.45, 7) is 4.66. The molecule has 0 radical (unpaired) electrons. The van der Waals surface area contributed by atoms with E-state index in [1.165, 1.54) is 0 Å². The molecule has 0 aliphatic heterocycles. The number of hydrogen-bond donors (Lipinski definition) is 3. The largest absolute Gasteiger partial charge is 0.480 e. The molecule has 0 aromatic rings. The monoisotopic (exact) mass is 753 g/mol. The average Bonchev–Trinajstić information content (AvgIpc) is 3.17. The van der Waals surface area contributed by atoms with Crippen molar-refractivity contribution in [2.45, 2.75) is 135 Å². The number of carbonyl (C=O) groups excluding carboxylic acids is 2. The second-order valence-electron chi connectivity index (χ2n) is 12.9. The molecule has 0 saturated heterocycles. The molecule has 0 aliphatic rings. The molecular weight excluding hydrogens is 681 g/mol. The van der Waals surface area contributed by atoms with Gasteiger partial charge >= 0.3 is 5.97 Å². The van der Waals surface area contributed by atoms with Gasteiger partial charge in [-0.05, 0) is 103 Å². The van der Waals surface area contributed by atoms with Crippen LogP contribution in [-0.4, -0.2) is 35.5 Å². The van der Waals surface area contributed by atoms with Crippen LogP contribution in [0.3, 0.4) is 0 Å². The third kappa shape index (κ3) is 40.3. The van der Waals surface area contributed by atoms with Crippen LogP contribution in [0.5, 0.6) is 0 Å². The summed E-state index contributed by atoms with van der Waals surface area (Å²) in [6.07, 6.45) is 65.5. The molecule has 6 heteroatoms. The van der Waals surface area contributed by atoms with Gasteiger partial charge in [-0.15, -0.1) is 0 Å². The van der Waals surface area contributed by atoms with Gasteiger partial charge in [0.1, 0.15) is 6.04 Å². The van der Waals surface area contributed by atoms with E-state index >= 15 is 0 Å². The lowest BCUT2D eigenvalue weighted by molar-refractivity contribution is -0.142. The summed E-state index contributed by atoms with van der Waals surface area (Å²) in [6, 6.07) is -0.964. The van der Waals surface area contributed by atoms with E-state index in [2.05, 4.69) is 152 Å². The van der Waals surface area contributed by atoms with Crippen LogP contribution in [0.2, 0.25) is 0 Å². The van der Waals surface area contributed by atoms with Gasteiger partial charge in [-0.1, -0.05) is 160 Å². The Morgan fingerprint density at radius 1 is 0.436 bits per heavy atom. The van der Waals surface area contributed by atoms with Gasteiger partial charge in [-0.2, -0.15) is 0 Å². The van der Waals surface area contributed by atoms with Crippen molar-refractivity contribution in [2.24, 2.45) is 0 Å². The van der Waals surface area contributed by atoms with E-state index < -0.39 is 12.0 Å². The molecule has 0 saturated carbocycles. The Bertz CT molecular complexity index is 1330. The Kier molecular flexibility index (Phi) is 38.4. The Morgan fingerprint density at radius 2 is 0.727 bits per heavy atom. The molecule has 0 fully saturated rings. The van der Waals surface area contributed by atoms with Gasteiger partial charge in [-0.3, -0.25) is 9.59 Å². The van der Waals surface area contributed by atoms with Crippen molar-refractivity contribution in [3.8, 4) is 0 Å². The summed E-state index contributed by atoms with van der Waals surface area (Å²) in [5.41, 5.74) is 0. The summed E-state index contributed by atoms with van der Waals surface area (Å²) in [4.78, 5) is 36.1. The quantitative estimate of drug-likeness (QED) is 0.0450. The topological polar surface area (TPSA) is 95.5 Å². The van der Waals surface area contributed by atoms with Crippen molar-refractivity contribution in [3.63, 3.8) is 0 Å². The molecule has 1 atom stereocenters. The Labute approximate surface area is 334 Å². The molecule has 0 bridgehead atoms. The first-order chi connectivity index (χ1) is 27.0. The summed E-state index contributed by atoms with van der Waals surface area (Å²) < 4.78 is 0. The van der Waals surface area contributed by atoms with Gasteiger partial charge < -0.3 is 15.7 Å². The molecule has 0 unspecified atom stereocenters. The summed E-state index contributed by atoms with van der Waals surface area (Å²) in [5, 5.41) is 15.0. The van der Waals surface area contributed by atoms with E-state index in [4.69, 9.17) is 0 Å². The number of carbonyl (C=O) groups is 3. The zero-order valence-corrected chi connectivity index (χ0v) is 34.0. The highest BCUT2D eigenvalue weighted by Gasteiger charge is 2.19. The van der Waals surface area contributed by atoms with Crippen LogP contribution in [0.25, 0.3) is 0 Å². The molecule has 2 amide bonds. The van der Waals surface area contributed by atoms with E-state index in [9.17, 15) is 19.5 Å². The number of hydrogen-bond acceptors (Lipinski definition) is 3. The van der Waals surface area contributed by atoms with Gasteiger partial charge in [-0.25, -0.2) is 4.79 Å². The summed E-state index contributed by atoms with van der Waals surface area (Å²) in [7, 11) is 0. The molecule has 0 heterocycles. The molecule has 6 nitrogen and oxygen atoms in total. The zero-order chi connectivity index (χ0) is 40.1. The van der Waals surface area contributed by atoms with Crippen LogP contribution in [0.15, 0.2) is 146 Å². The molecular formula is C49H72N2O4. The minimum Gasteiger partial charge on any atom is -0.480 e. The standard InChI is InChI=1S/C49H72N2O4/c1-3-5-7-9-11-13-15-17-19-21-23-25-27-29-31-33-35-37-39-43-47(52)50-45-41-42-46(49(54)55)51-48(53)44-40-38-36-34-32-30-28-26-24-22-20-18-16-14-12-10-8-6-4-2/h5-8,11-14,17-20,23-26,29-32,35-38,46H,3-4,9-10,15-16,21-22,27-28,33-34,39-45H2,1-2H3,(H,50,52)(H,51,53)(H,54,55)/t46-/m0/s1. The van der Waals surface area contributed by atoms with Crippen LogP contribution < -0.4 is 10.6 Å². The van der Waals surface area contributed by atoms with Crippen molar-refractivity contribution in [1.82, 2.24) is 10.6 Å². The molecule has 302 valence electrons. The summed E-state index contributed by atoms with van der Waals surface area (Å²) in [5.74, 6) is -1.41. The van der Waals surface area contributed by atoms with E-state index in [0.29, 0.717) is 32.2 Å². The van der Waals surface area contributed by atoms with Gasteiger partial charge in [0, 0.05) is 19.4 Å². The van der Waals surface area contributed by atoms with Gasteiger partial charge in [0.25, 0.3) is 0 Å². The predicted molar refractivity (Wildman–Crippen MR) is 237 cm³/mol. The highest BCUT2D eigenvalue weighted by Crippen LogP contribution is 2.03. The third-order valence-corrected chi connectivity index (χ3v) is 7.89. The van der Waals surface area contributed by atoms with Crippen molar-refractivity contribution in [3.05, 3.63) is 146 Å². The maximum absolute atomic E-state index is 12.3. The molecule has 0 spiro atoms. The minimum atomic E-state index is -1.06. The number of allylic oxidation sites excluding steroid dienone is 24. The molecule has 0 aromatic heterocycles. The Morgan fingerprint density at radius 3 is 1.04 bits per heavy atom. The molecule has 3 N–H and O–H groups in total. The van der Waals surface area contributed by atoms with Crippen molar-refractivity contribution >= 4 is 17.8 Å². The van der Waals surface area contributed by atoms with Crippen LogP contribution in [0, 0.1) is 0 Å². The van der Waals surface area contributed by atoms with Gasteiger partial charge in [0.2, 0.25) is 11.8 Å². The molecule has 55 heavy (non-hydrogen) atoms. The average molecular weight is 753 g/mol. The Hall–Kier alpha value is -4.71. The van der Waals surface area contributed by atoms with Crippen molar-refractivity contribution in [2.75, 3.05) is 6.54 Å².